The Kier molecular flexibility index (Phi) is 5.52. The summed E-state index contributed by atoms with van der Waals surface area (Å²) < 4.78 is 45.2. The van der Waals surface area contributed by atoms with Gasteiger partial charge in [-0.05, 0) is 44.2 Å². The molecule has 6 nitrogen and oxygen atoms in total. The topological polar surface area (TPSA) is 72.7 Å². The van der Waals surface area contributed by atoms with Gasteiger partial charge in [-0.15, -0.1) is 0 Å². The van der Waals surface area contributed by atoms with E-state index in [1.54, 1.807) is 6.92 Å². The van der Waals surface area contributed by atoms with Gasteiger partial charge in [0.2, 0.25) is 0 Å². The molecular weight excluding hydrogens is 411 g/mol. The Labute approximate surface area is 168 Å². The van der Waals surface area contributed by atoms with Crippen LogP contribution in [0, 0.1) is 6.92 Å². The summed E-state index contributed by atoms with van der Waals surface area (Å²) in [4.78, 5) is 28.5. The fourth-order valence-corrected chi connectivity index (χ4v) is 2.99. The van der Waals surface area contributed by atoms with E-state index >= 15 is 0 Å². The number of alkyl halides is 3. The van der Waals surface area contributed by atoms with Crippen LogP contribution in [0.25, 0.3) is 5.65 Å². The number of pyridine rings is 1. The average Bonchev–Trinajstić information content (AvgIpc) is 2.98. The second kappa shape index (κ2) is 7.75. The van der Waals surface area contributed by atoms with E-state index in [-0.39, 0.29) is 28.7 Å². The van der Waals surface area contributed by atoms with Crippen molar-refractivity contribution in [1.29, 1.82) is 0 Å². The van der Waals surface area contributed by atoms with E-state index in [0.29, 0.717) is 11.3 Å². The number of carbonyl (C=O) groups excluding carboxylic acids is 2. The summed E-state index contributed by atoms with van der Waals surface area (Å²) in [6.07, 6.45) is -3.85. The van der Waals surface area contributed by atoms with Crippen LogP contribution in [0.4, 0.5) is 18.9 Å². The number of amides is 1. The molecule has 10 heteroatoms. The zero-order valence-electron chi connectivity index (χ0n) is 15.3. The third-order valence-corrected chi connectivity index (χ3v) is 4.32. The minimum Gasteiger partial charge on any atom is -0.462 e. The van der Waals surface area contributed by atoms with Gasteiger partial charge < -0.3 is 10.1 Å². The number of hydrogen-bond acceptors (Lipinski definition) is 4. The zero-order valence-corrected chi connectivity index (χ0v) is 16.1. The zero-order chi connectivity index (χ0) is 21.3. The van der Waals surface area contributed by atoms with Crippen LogP contribution < -0.4 is 5.32 Å². The number of halogens is 4. The lowest BCUT2D eigenvalue weighted by atomic mass is 10.2. The fourth-order valence-electron chi connectivity index (χ4n) is 2.74. The van der Waals surface area contributed by atoms with E-state index in [9.17, 15) is 22.8 Å². The summed E-state index contributed by atoms with van der Waals surface area (Å²) in [6.45, 7) is 3.41. The number of esters is 1. The predicted octanol–water partition coefficient (Wildman–Crippen LogP) is 4.74. The highest BCUT2D eigenvalue weighted by Crippen LogP contribution is 2.33. The van der Waals surface area contributed by atoms with Crippen LogP contribution in [-0.4, -0.2) is 27.9 Å². The lowest BCUT2D eigenvalue weighted by Crippen LogP contribution is -2.16. The van der Waals surface area contributed by atoms with Gasteiger partial charge >= 0.3 is 12.1 Å². The van der Waals surface area contributed by atoms with Gasteiger partial charge in [0.05, 0.1) is 28.5 Å². The number of anilines is 1. The quantitative estimate of drug-likeness (QED) is 0.612. The molecule has 0 aliphatic carbocycles. The molecule has 0 fully saturated rings. The van der Waals surface area contributed by atoms with Gasteiger partial charge in [0, 0.05) is 11.9 Å². The van der Waals surface area contributed by atoms with Gasteiger partial charge in [0.1, 0.15) is 5.69 Å². The lowest BCUT2D eigenvalue weighted by Gasteiger charge is -2.10. The summed E-state index contributed by atoms with van der Waals surface area (Å²) in [7, 11) is 0. The summed E-state index contributed by atoms with van der Waals surface area (Å²) in [5.74, 6) is -1.17. The predicted molar refractivity (Wildman–Crippen MR) is 100 cm³/mol. The highest BCUT2D eigenvalue weighted by molar-refractivity contribution is 6.33. The first-order valence-electron chi connectivity index (χ1n) is 8.45. The van der Waals surface area contributed by atoms with Crippen LogP contribution in [-0.2, 0) is 10.9 Å². The van der Waals surface area contributed by atoms with Gasteiger partial charge in [0.15, 0.2) is 5.65 Å². The maximum Gasteiger partial charge on any atom is 0.417 e. The summed E-state index contributed by atoms with van der Waals surface area (Å²) in [5.41, 5.74) is -0.178. The molecule has 1 N–H and O–H groups in total. The van der Waals surface area contributed by atoms with E-state index in [2.05, 4.69) is 10.3 Å². The molecule has 0 radical (unpaired) electrons. The molecule has 0 saturated carbocycles. The minimum atomic E-state index is -4.63. The number of rotatable bonds is 4. The van der Waals surface area contributed by atoms with Crippen LogP contribution in [0.15, 0.2) is 36.5 Å². The van der Waals surface area contributed by atoms with E-state index in [1.165, 1.54) is 31.2 Å². The summed E-state index contributed by atoms with van der Waals surface area (Å²) in [5, 5.41) is 2.36. The van der Waals surface area contributed by atoms with Crippen LogP contribution in [0.1, 0.15) is 39.0 Å². The molecule has 152 valence electrons. The molecule has 0 spiro atoms. The molecular formula is C19H15ClF3N3O3. The standard InChI is InChI=1S/C19H15ClF3N3O3/c1-3-29-18(28)11-4-6-13(7-5-11)25-17(27)15-10(2)24-16-14(20)8-12(9-26(15)16)19(21,22)23/h4-9H,3H2,1-2H3,(H,25,27). The Morgan fingerprint density at radius 2 is 1.90 bits per heavy atom. The monoisotopic (exact) mass is 425 g/mol. The summed E-state index contributed by atoms with van der Waals surface area (Å²) >= 11 is 5.93. The van der Waals surface area contributed by atoms with Crippen LogP contribution in [0.3, 0.4) is 0 Å². The molecule has 0 unspecified atom stereocenters. The Balaban J connectivity index is 1.94. The normalized spacial score (nSPS) is 11.5. The average molecular weight is 426 g/mol. The number of benzene rings is 1. The van der Waals surface area contributed by atoms with Crippen molar-refractivity contribution in [1.82, 2.24) is 9.38 Å². The van der Waals surface area contributed by atoms with Crippen molar-refractivity contribution in [3.05, 3.63) is 64.1 Å². The number of ether oxygens (including phenoxy) is 1. The second-order valence-electron chi connectivity index (χ2n) is 6.07. The molecule has 2 aromatic heterocycles. The van der Waals surface area contributed by atoms with Crippen molar-refractivity contribution in [2.24, 2.45) is 0 Å². The van der Waals surface area contributed by atoms with Gasteiger partial charge in [-0.1, -0.05) is 11.6 Å². The fraction of sp³-hybridized carbons (Fsp3) is 0.211. The molecule has 1 amide bonds. The minimum absolute atomic E-state index is 0.0416. The van der Waals surface area contributed by atoms with Gasteiger partial charge in [-0.2, -0.15) is 13.2 Å². The first-order chi connectivity index (χ1) is 13.6. The first-order valence-corrected chi connectivity index (χ1v) is 8.83. The van der Waals surface area contributed by atoms with Crippen molar-refractivity contribution in [3.63, 3.8) is 0 Å². The van der Waals surface area contributed by atoms with E-state index in [4.69, 9.17) is 16.3 Å². The molecule has 0 atom stereocenters. The maximum absolute atomic E-state index is 13.1. The summed E-state index contributed by atoms with van der Waals surface area (Å²) in [6, 6.07) is 6.66. The third kappa shape index (κ3) is 4.19. The van der Waals surface area contributed by atoms with Crippen LogP contribution >= 0.6 is 11.6 Å². The molecule has 3 aromatic rings. The Bertz CT molecular complexity index is 1090. The number of hydrogen-bond donors (Lipinski definition) is 1. The van der Waals surface area contributed by atoms with Crippen molar-refractivity contribution in [2.75, 3.05) is 11.9 Å². The molecule has 2 heterocycles. The lowest BCUT2D eigenvalue weighted by molar-refractivity contribution is -0.137. The van der Waals surface area contributed by atoms with Crippen molar-refractivity contribution in [2.45, 2.75) is 20.0 Å². The van der Waals surface area contributed by atoms with E-state index in [1.807, 2.05) is 0 Å². The van der Waals surface area contributed by atoms with Gasteiger partial charge in [-0.3, -0.25) is 9.20 Å². The third-order valence-electron chi connectivity index (χ3n) is 4.05. The molecule has 0 aliphatic rings. The Morgan fingerprint density at radius 1 is 1.24 bits per heavy atom. The number of nitrogens with zero attached hydrogens (tertiary/aromatic N) is 2. The molecule has 0 aliphatic heterocycles. The number of fused-ring (bicyclic) bond motifs is 1. The molecule has 29 heavy (non-hydrogen) atoms. The second-order valence-corrected chi connectivity index (χ2v) is 6.47. The first kappa shape index (κ1) is 20.7. The molecule has 3 rings (SSSR count). The van der Waals surface area contributed by atoms with Gasteiger partial charge in [-0.25, -0.2) is 9.78 Å². The number of nitrogens with one attached hydrogen (secondary N) is 1. The van der Waals surface area contributed by atoms with E-state index < -0.39 is 23.6 Å². The number of aryl methyl sites for hydroxylation is 1. The Morgan fingerprint density at radius 3 is 2.48 bits per heavy atom. The van der Waals surface area contributed by atoms with Crippen molar-refractivity contribution in [3.8, 4) is 0 Å². The highest BCUT2D eigenvalue weighted by Gasteiger charge is 2.33. The maximum atomic E-state index is 13.1. The van der Waals surface area contributed by atoms with Crippen molar-refractivity contribution >= 4 is 34.8 Å². The number of carbonyl (C=O) groups is 2. The Hall–Kier alpha value is -3.07. The van der Waals surface area contributed by atoms with E-state index in [0.717, 1.165) is 16.7 Å². The molecule has 1 aromatic carbocycles. The SMILES string of the molecule is CCOC(=O)c1ccc(NC(=O)c2c(C)nc3c(Cl)cc(C(F)(F)F)cn23)cc1. The highest BCUT2D eigenvalue weighted by atomic mass is 35.5. The number of imidazole rings is 1. The van der Waals surface area contributed by atoms with Crippen LogP contribution in [0.5, 0.6) is 0 Å². The largest absolute Gasteiger partial charge is 0.462 e. The smallest absolute Gasteiger partial charge is 0.417 e. The molecule has 0 saturated heterocycles. The molecule has 0 bridgehead atoms. The number of aromatic nitrogens is 2. The van der Waals surface area contributed by atoms with Gasteiger partial charge in [0.25, 0.3) is 5.91 Å². The van der Waals surface area contributed by atoms with Crippen LogP contribution in [0.2, 0.25) is 5.02 Å². The van der Waals surface area contributed by atoms with Crippen molar-refractivity contribution < 1.29 is 27.5 Å².